The van der Waals surface area contributed by atoms with E-state index in [4.69, 9.17) is 0 Å². The number of fused-ring (bicyclic) bond motifs is 1. The third-order valence-corrected chi connectivity index (χ3v) is 5.63. The first kappa shape index (κ1) is 17.6. The second-order valence-electron chi connectivity index (χ2n) is 7.57. The van der Waals surface area contributed by atoms with Gasteiger partial charge in [0, 0.05) is 5.71 Å². The SMILES string of the molecule is CCC(C)(C)C1CCC(=NNC(=O)Cn2nnc3ccccc32)CC1. The van der Waals surface area contributed by atoms with Gasteiger partial charge in [0.05, 0.1) is 5.52 Å². The first-order valence-electron chi connectivity index (χ1n) is 9.12. The molecule has 25 heavy (non-hydrogen) atoms. The molecule has 1 N–H and O–H groups in total. The molecule has 6 heteroatoms. The van der Waals surface area contributed by atoms with Crippen molar-refractivity contribution in [3.63, 3.8) is 0 Å². The number of hydrogen-bond acceptors (Lipinski definition) is 4. The van der Waals surface area contributed by atoms with Crippen molar-refractivity contribution in [2.45, 2.75) is 59.4 Å². The van der Waals surface area contributed by atoms with Crippen LogP contribution in [-0.4, -0.2) is 26.6 Å². The van der Waals surface area contributed by atoms with Gasteiger partial charge in [-0.1, -0.05) is 44.5 Å². The van der Waals surface area contributed by atoms with Crippen molar-refractivity contribution < 1.29 is 4.79 Å². The quantitative estimate of drug-likeness (QED) is 0.846. The number of benzene rings is 1. The molecule has 0 unspecified atom stereocenters. The number of nitrogens with zero attached hydrogens (tertiary/aromatic N) is 4. The molecular formula is C19H27N5O. The van der Waals surface area contributed by atoms with Gasteiger partial charge in [-0.2, -0.15) is 5.10 Å². The molecule has 0 radical (unpaired) electrons. The number of rotatable bonds is 5. The minimum absolute atomic E-state index is 0.128. The van der Waals surface area contributed by atoms with Crippen LogP contribution < -0.4 is 5.43 Å². The molecule has 0 bridgehead atoms. The summed E-state index contributed by atoms with van der Waals surface area (Å²) in [6.07, 6.45) is 5.46. The molecule has 0 aliphatic heterocycles. The summed E-state index contributed by atoms with van der Waals surface area (Å²) in [5.74, 6) is 0.577. The monoisotopic (exact) mass is 341 g/mol. The van der Waals surface area contributed by atoms with E-state index in [1.54, 1.807) is 4.68 Å². The summed E-state index contributed by atoms with van der Waals surface area (Å²) < 4.78 is 1.60. The summed E-state index contributed by atoms with van der Waals surface area (Å²) in [5.41, 5.74) is 5.82. The Kier molecular flexibility index (Phi) is 5.16. The van der Waals surface area contributed by atoms with Crippen molar-refractivity contribution in [2.24, 2.45) is 16.4 Å². The third kappa shape index (κ3) is 4.06. The number of hydrogen-bond donors (Lipinski definition) is 1. The topological polar surface area (TPSA) is 72.2 Å². The highest BCUT2D eigenvalue weighted by atomic mass is 16.2. The number of aromatic nitrogens is 3. The maximum atomic E-state index is 12.2. The summed E-state index contributed by atoms with van der Waals surface area (Å²) in [5, 5.41) is 12.4. The van der Waals surface area contributed by atoms with Crippen molar-refractivity contribution in [1.82, 2.24) is 20.4 Å². The van der Waals surface area contributed by atoms with Gasteiger partial charge in [0.25, 0.3) is 5.91 Å². The maximum Gasteiger partial charge on any atom is 0.261 e. The average Bonchev–Trinajstić information content (AvgIpc) is 3.03. The Morgan fingerprint density at radius 3 is 2.76 bits per heavy atom. The van der Waals surface area contributed by atoms with Crippen LogP contribution in [0.3, 0.4) is 0 Å². The van der Waals surface area contributed by atoms with Crippen LogP contribution in [0.5, 0.6) is 0 Å². The van der Waals surface area contributed by atoms with Crippen LogP contribution in [0.25, 0.3) is 11.0 Å². The van der Waals surface area contributed by atoms with E-state index in [0.717, 1.165) is 48.3 Å². The van der Waals surface area contributed by atoms with Crippen molar-refractivity contribution in [3.05, 3.63) is 24.3 Å². The summed E-state index contributed by atoms with van der Waals surface area (Å²) in [4.78, 5) is 12.2. The molecule has 3 rings (SSSR count). The van der Waals surface area contributed by atoms with E-state index in [2.05, 4.69) is 41.6 Å². The first-order chi connectivity index (χ1) is 12.0. The minimum atomic E-state index is -0.167. The highest BCUT2D eigenvalue weighted by molar-refractivity contribution is 5.87. The van der Waals surface area contributed by atoms with E-state index in [0.29, 0.717) is 5.41 Å². The zero-order valence-corrected chi connectivity index (χ0v) is 15.3. The lowest BCUT2D eigenvalue weighted by atomic mass is 9.69. The first-order valence-corrected chi connectivity index (χ1v) is 9.12. The number of carbonyl (C=O) groups excluding carboxylic acids is 1. The Labute approximate surface area is 148 Å². The van der Waals surface area contributed by atoms with Gasteiger partial charge in [-0.15, -0.1) is 5.10 Å². The molecule has 0 saturated heterocycles. The van der Waals surface area contributed by atoms with Gasteiger partial charge in [-0.3, -0.25) is 4.79 Å². The van der Waals surface area contributed by atoms with E-state index in [-0.39, 0.29) is 12.5 Å². The van der Waals surface area contributed by atoms with E-state index < -0.39 is 0 Å². The zero-order valence-electron chi connectivity index (χ0n) is 15.3. The molecule has 1 saturated carbocycles. The maximum absolute atomic E-state index is 12.2. The Morgan fingerprint density at radius 1 is 1.32 bits per heavy atom. The lowest BCUT2D eigenvalue weighted by Crippen LogP contribution is -2.30. The Hall–Kier alpha value is -2.24. The normalized spacial score (nSPS) is 18.4. The van der Waals surface area contributed by atoms with Crippen LogP contribution in [0.2, 0.25) is 0 Å². The predicted molar refractivity (Wildman–Crippen MR) is 99.1 cm³/mol. The van der Waals surface area contributed by atoms with E-state index in [1.807, 2.05) is 24.3 Å². The molecule has 1 aliphatic carbocycles. The van der Waals surface area contributed by atoms with Crippen molar-refractivity contribution in [1.29, 1.82) is 0 Å². The highest BCUT2D eigenvalue weighted by Gasteiger charge is 2.30. The standard InChI is InChI=1S/C19H27N5O/c1-4-19(2,3)14-9-11-15(12-10-14)20-22-18(25)13-24-17-8-6-5-7-16(17)21-23-24/h5-8,14H,4,9-13H2,1-3H3,(H,22,25). The van der Waals surface area contributed by atoms with Crippen LogP contribution in [0, 0.1) is 11.3 Å². The zero-order chi connectivity index (χ0) is 17.9. The molecule has 1 heterocycles. The number of carbonyl (C=O) groups is 1. The van der Waals surface area contributed by atoms with Crippen molar-refractivity contribution in [3.8, 4) is 0 Å². The van der Waals surface area contributed by atoms with Gasteiger partial charge in [0.2, 0.25) is 0 Å². The molecule has 134 valence electrons. The molecule has 1 aromatic carbocycles. The van der Waals surface area contributed by atoms with Crippen LogP contribution in [0.15, 0.2) is 29.4 Å². The van der Waals surface area contributed by atoms with Gasteiger partial charge in [0.1, 0.15) is 12.1 Å². The average molecular weight is 341 g/mol. The van der Waals surface area contributed by atoms with Crippen molar-refractivity contribution in [2.75, 3.05) is 0 Å². The number of nitrogens with one attached hydrogen (secondary N) is 1. The van der Waals surface area contributed by atoms with Crippen LogP contribution in [0.4, 0.5) is 0 Å². The van der Waals surface area contributed by atoms with Gasteiger partial charge in [-0.25, -0.2) is 10.1 Å². The summed E-state index contributed by atoms with van der Waals surface area (Å²) >= 11 is 0. The Balaban J connectivity index is 1.53. The third-order valence-electron chi connectivity index (χ3n) is 5.63. The van der Waals surface area contributed by atoms with E-state index >= 15 is 0 Å². The Morgan fingerprint density at radius 2 is 2.04 bits per heavy atom. The fourth-order valence-corrected chi connectivity index (χ4v) is 3.48. The molecule has 1 aliphatic rings. The highest BCUT2D eigenvalue weighted by Crippen LogP contribution is 2.39. The lowest BCUT2D eigenvalue weighted by Gasteiger charge is -2.36. The molecule has 2 aromatic rings. The number of hydrazone groups is 1. The fourth-order valence-electron chi connectivity index (χ4n) is 3.48. The Bertz CT molecular complexity index is 767. The molecular weight excluding hydrogens is 314 g/mol. The smallest absolute Gasteiger partial charge is 0.261 e. The molecule has 0 spiro atoms. The van der Waals surface area contributed by atoms with Gasteiger partial charge >= 0.3 is 0 Å². The van der Waals surface area contributed by atoms with Crippen LogP contribution in [-0.2, 0) is 11.3 Å². The second kappa shape index (κ2) is 7.33. The second-order valence-corrected chi connectivity index (χ2v) is 7.57. The summed E-state index contributed by atoms with van der Waals surface area (Å²) in [7, 11) is 0. The van der Waals surface area contributed by atoms with E-state index in [1.165, 1.54) is 6.42 Å². The molecule has 1 amide bonds. The minimum Gasteiger partial charge on any atom is -0.271 e. The largest absolute Gasteiger partial charge is 0.271 e. The number of para-hydroxylation sites is 1. The lowest BCUT2D eigenvalue weighted by molar-refractivity contribution is -0.121. The molecule has 1 fully saturated rings. The van der Waals surface area contributed by atoms with Gasteiger partial charge in [-0.05, 0) is 49.1 Å². The molecule has 6 nitrogen and oxygen atoms in total. The van der Waals surface area contributed by atoms with Gasteiger partial charge < -0.3 is 0 Å². The van der Waals surface area contributed by atoms with Crippen LogP contribution in [0.1, 0.15) is 52.9 Å². The summed E-state index contributed by atoms with van der Waals surface area (Å²) in [6.45, 7) is 7.09. The molecule has 1 aromatic heterocycles. The molecule has 0 atom stereocenters. The van der Waals surface area contributed by atoms with Crippen LogP contribution >= 0.6 is 0 Å². The summed E-state index contributed by atoms with van der Waals surface area (Å²) in [6, 6.07) is 7.61. The van der Waals surface area contributed by atoms with E-state index in [9.17, 15) is 4.79 Å². The van der Waals surface area contributed by atoms with Crippen molar-refractivity contribution >= 4 is 22.7 Å². The fraction of sp³-hybridized carbons (Fsp3) is 0.579. The predicted octanol–water partition coefficient (Wildman–Crippen LogP) is 3.53. The number of amides is 1. The van der Waals surface area contributed by atoms with Gasteiger partial charge in [0.15, 0.2) is 0 Å².